The fourth-order valence-corrected chi connectivity index (χ4v) is 11.4. The van der Waals surface area contributed by atoms with Gasteiger partial charge in [-0.2, -0.15) is 0 Å². The lowest BCUT2D eigenvalue weighted by Gasteiger charge is -2.31. The fourth-order valence-electron chi connectivity index (χ4n) is 11.4. The second-order valence-corrected chi connectivity index (χ2v) is 17.6. The van der Waals surface area contributed by atoms with Gasteiger partial charge in [-0.25, -0.2) is 0 Å². The van der Waals surface area contributed by atoms with Gasteiger partial charge >= 0.3 is 0 Å². The van der Waals surface area contributed by atoms with Crippen LogP contribution in [0.15, 0.2) is 241 Å². The molecule has 2 heteroatoms. The van der Waals surface area contributed by atoms with Crippen LogP contribution in [0.5, 0.6) is 0 Å². The Kier molecular flexibility index (Phi) is 7.64. The number of benzene rings is 11. The van der Waals surface area contributed by atoms with Crippen LogP contribution in [0.2, 0.25) is 0 Å². The molecule has 65 heavy (non-hydrogen) atoms. The molecule has 1 aromatic heterocycles. The monoisotopic (exact) mass is 825 g/mol. The predicted molar refractivity (Wildman–Crippen MR) is 271 cm³/mol. The number of anilines is 3. The van der Waals surface area contributed by atoms with Gasteiger partial charge < -0.3 is 9.32 Å². The Balaban J connectivity index is 0.954. The Bertz CT molecular complexity index is 3860. The molecule has 12 aromatic rings. The standard InChI is InChI=1S/C63H39NO/c1-2-14-43-37-45(31-27-40(43)13-1)46-32-29-42-28-30-44(38-47(42)39-46)41-33-35-48(36-34-41)64(59-25-11-19-52-51-17-6-10-26-60(51)65-62(52)59)58-24-12-23-57-61(58)53-18-5-9-22-56(53)63(57)54-20-7-3-15-49(54)50-16-4-8-21-55(50)63/h1-39H. The SMILES string of the molecule is c1ccc2c(c1)-c1ccccc1C21c2ccccc2-c2c(N(c3ccc(-c4ccc5ccc(-c6ccc7ccccc7c6)cc5c4)cc3)c3cccc4c3oc3ccccc34)cccc21. The molecule has 0 N–H and O–H groups in total. The van der Waals surface area contributed by atoms with Gasteiger partial charge in [-0.3, -0.25) is 0 Å². The summed E-state index contributed by atoms with van der Waals surface area (Å²) in [7, 11) is 0. The fraction of sp³-hybridized carbons (Fsp3) is 0.0159. The number of hydrogen-bond acceptors (Lipinski definition) is 2. The van der Waals surface area contributed by atoms with E-state index in [0.29, 0.717) is 0 Å². The maximum Gasteiger partial charge on any atom is 0.159 e. The second-order valence-electron chi connectivity index (χ2n) is 17.6. The van der Waals surface area contributed by atoms with Crippen molar-refractivity contribution in [2.24, 2.45) is 0 Å². The summed E-state index contributed by atoms with van der Waals surface area (Å²) in [6.07, 6.45) is 0. The van der Waals surface area contributed by atoms with E-state index in [2.05, 4.69) is 241 Å². The highest BCUT2D eigenvalue weighted by molar-refractivity contribution is 6.11. The van der Waals surface area contributed by atoms with Crippen LogP contribution in [0.3, 0.4) is 0 Å². The zero-order chi connectivity index (χ0) is 42.6. The lowest BCUT2D eigenvalue weighted by molar-refractivity contribution is 0.669. The highest BCUT2D eigenvalue weighted by Crippen LogP contribution is 2.64. The average Bonchev–Trinajstić information content (AvgIpc) is 4.01. The maximum absolute atomic E-state index is 6.84. The molecule has 0 bridgehead atoms. The summed E-state index contributed by atoms with van der Waals surface area (Å²) in [6.45, 7) is 0. The molecule has 2 aliphatic carbocycles. The first-order chi connectivity index (χ1) is 32.2. The van der Waals surface area contributed by atoms with E-state index in [1.54, 1.807) is 0 Å². The van der Waals surface area contributed by atoms with Crippen molar-refractivity contribution in [1.82, 2.24) is 0 Å². The van der Waals surface area contributed by atoms with Gasteiger partial charge in [-0.05, 0) is 131 Å². The molecule has 0 saturated carbocycles. The summed E-state index contributed by atoms with van der Waals surface area (Å²) in [5.41, 5.74) is 19.6. The Hall–Kier alpha value is -8.46. The molecule has 0 unspecified atom stereocenters. The molecule has 2 nitrogen and oxygen atoms in total. The Morgan fingerprint density at radius 1 is 0.323 bits per heavy atom. The second kappa shape index (κ2) is 13.8. The van der Waals surface area contributed by atoms with E-state index in [1.807, 2.05) is 0 Å². The molecular formula is C63H39NO. The van der Waals surface area contributed by atoms with Gasteiger partial charge in [-0.1, -0.05) is 188 Å². The van der Waals surface area contributed by atoms with E-state index >= 15 is 0 Å². The molecule has 0 saturated heterocycles. The van der Waals surface area contributed by atoms with Gasteiger partial charge in [-0.15, -0.1) is 0 Å². The first-order valence-corrected chi connectivity index (χ1v) is 22.5. The number of furan rings is 1. The number of nitrogens with zero attached hydrogens (tertiary/aromatic N) is 1. The van der Waals surface area contributed by atoms with Crippen LogP contribution < -0.4 is 4.90 Å². The predicted octanol–water partition coefficient (Wildman–Crippen LogP) is 17.0. The molecule has 2 aliphatic rings. The van der Waals surface area contributed by atoms with Crippen molar-refractivity contribution in [3.63, 3.8) is 0 Å². The van der Waals surface area contributed by atoms with Gasteiger partial charge in [0.05, 0.1) is 16.8 Å². The van der Waals surface area contributed by atoms with Crippen LogP contribution >= 0.6 is 0 Å². The Morgan fingerprint density at radius 3 is 1.54 bits per heavy atom. The maximum atomic E-state index is 6.84. The van der Waals surface area contributed by atoms with Gasteiger partial charge in [0, 0.05) is 22.0 Å². The zero-order valence-corrected chi connectivity index (χ0v) is 35.4. The molecular weight excluding hydrogens is 787 g/mol. The molecule has 14 rings (SSSR count). The minimum Gasteiger partial charge on any atom is -0.454 e. The van der Waals surface area contributed by atoms with Crippen LogP contribution in [-0.4, -0.2) is 0 Å². The third kappa shape index (κ3) is 5.17. The normalized spacial score (nSPS) is 13.0. The lowest BCUT2D eigenvalue weighted by Crippen LogP contribution is -2.26. The van der Waals surface area contributed by atoms with Crippen LogP contribution in [0.1, 0.15) is 22.3 Å². The minimum absolute atomic E-state index is 0.458. The molecule has 11 aromatic carbocycles. The summed E-state index contributed by atoms with van der Waals surface area (Å²) in [4.78, 5) is 2.44. The lowest BCUT2D eigenvalue weighted by atomic mass is 9.70. The number of hydrogen-bond donors (Lipinski definition) is 0. The minimum atomic E-state index is -0.458. The summed E-state index contributed by atoms with van der Waals surface area (Å²) in [5, 5.41) is 7.17. The van der Waals surface area contributed by atoms with Crippen LogP contribution in [0.25, 0.3) is 88.0 Å². The van der Waals surface area contributed by atoms with Gasteiger partial charge in [0.15, 0.2) is 5.58 Å². The van der Waals surface area contributed by atoms with Crippen LogP contribution in [0, 0.1) is 0 Å². The van der Waals surface area contributed by atoms with Crippen LogP contribution in [-0.2, 0) is 5.41 Å². The van der Waals surface area contributed by atoms with Crippen molar-refractivity contribution >= 4 is 60.5 Å². The molecule has 1 spiro atoms. The molecule has 0 amide bonds. The molecule has 302 valence electrons. The van der Waals surface area contributed by atoms with E-state index in [9.17, 15) is 0 Å². The molecule has 0 radical (unpaired) electrons. The van der Waals surface area contributed by atoms with Gasteiger partial charge in [0.1, 0.15) is 5.58 Å². The number of fused-ring (bicyclic) bond motifs is 15. The Morgan fingerprint density at radius 2 is 0.815 bits per heavy atom. The highest BCUT2D eigenvalue weighted by Gasteiger charge is 2.52. The molecule has 0 aliphatic heterocycles. The highest BCUT2D eigenvalue weighted by atomic mass is 16.3. The van der Waals surface area contributed by atoms with E-state index in [4.69, 9.17) is 4.42 Å². The molecule has 0 fully saturated rings. The summed E-state index contributed by atoms with van der Waals surface area (Å²) >= 11 is 0. The largest absolute Gasteiger partial charge is 0.454 e. The zero-order valence-electron chi connectivity index (χ0n) is 35.4. The molecule has 0 atom stereocenters. The van der Waals surface area contributed by atoms with E-state index in [-0.39, 0.29) is 0 Å². The van der Waals surface area contributed by atoms with Gasteiger partial charge in [0.25, 0.3) is 0 Å². The average molecular weight is 826 g/mol. The van der Waals surface area contributed by atoms with Crippen molar-refractivity contribution in [2.45, 2.75) is 5.41 Å². The number of para-hydroxylation sites is 2. The number of rotatable bonds is 5. The van der Waals surface area contributed by atoms with Crippen molar-refractivity contribution in [1.29, 1.82) is 0 Å². The van der Waals surface area contributed by atoms with E-state index in [1.165, 1.54) is 82.7 Å². The smallest absolute Gasteiger partial charge is 0.159 e. The van der Waals surface area contributed by atoms with Crippen LogP contribution in [0.4, 0.5) is 17.1 Å². The Labute approximate surface area is 376 Å². The first kappa shape index (κ1) is 36.1. The first-order valence-electron chi connectivity index (χ1n) is 22.5. The van der Waals surface area contributed by atoms with E-state index < -0.39 is 5.41 Å². The summed E-state index contributed by atoms with van der Waals surface area (Å²) < 4.78 is 6.84. The van der Waals surface area contributed by atoms with Gasteiger partial charge in [0.2, 0.25) is 0 Å². The van der Waals surface area contributed by atoms with E-state index in [0.717, 1.165) is 44.6 Å². The third-order valence-electron chi connectivity index (χ3n) is 14.2. The summed E-state index contributed by atoms with van der Waals surface area (Å²) in [6, 6.07) is 87.0. The molecule has 1 heterocycles. The van der Waals surface area contributed by atoms with Crippen molar-refractivity contribution in [3.8, 4) is 44.5 Å². The van der Waals surface area contributed by atoms with Crippen molar-refractivity contribution in [2.75, 3.05) is 4.90 Å². The topological polar surface area (TPSA) is 16.4 Å². The quantitative estimate of drug-likeness (QED) is 0.172. The third-order valence-corrected chi connectivity index (χ3v) is 14.2. The van der Waals surface area contributed by atoms with Crippen molar-refractivity contribution in [3.05, 3.63) is 259 Å². The summed E-state index contributed by atoms with van der Waals surface area (Å²) in [5.74, 6) is 0. The van der Waals surface area contributed by atoms with Crippen molar-refractivity contribution < 1.29 is 4.42 Å².